The van der Waals surface area contributed by atoms with Gasteiger partial charge in [0, 0.05) is 23.9 Å². The number of rotatable bonds is 8. The minimum atomic E-state index is -0.606. The number of nitro benzene ring substituents is 1. The van der Waals surface area contributed by atoms with Crippen LogP contribution in [0.15, 0.2) is 42.5 Å². The number of methoxy groups -OCH3 is 1. The van der Waals surface area contributed by atoms with Gasteiger partial charge in [0.05, 0.1) is 12.0 Å². The molecule has 0 fully saturated rings. The monoisotopic (exact) mass is 385 g/mol. The van der Waals surface area contributed by atoms with E-state index in [1.54, 1.807) is 6.07 Å². The Morgan fingerprint density at radius 1 is 1.21 bits per heavy atom. The first-order chi connectivity index (χ1) is 13.4. The molecule has 0 heterocycles. The third kappa shape index (κ3) is 5.06. The van der Waals surface area contributed by atoms with Crippen molar-refractivity contribution in [1.29, 1.82) is 0 Å². The first-order valence-corrected chi connectivity index (χ1v) is 8.84. The fraction of sp³-hybridized carbons (Fsp3) is 0.300. The van der Waals surface area contributed by atoms with Gasteiger partial charge in [0.1, 0.15) is 6.54 Å². The number of para-hydroxylation sites is 1. The number of nitro groups is 1. The Kier molecular flexibility index (Phi) is 7.08. The first-order valence-electron chi connectivity index (χ1n) is 8.84. The van der Waals surface area contributed by atoms with E-state index in [9.17, 15) is 19.7 Å². The van der Waals surface area contributed by atoms with E-state index in [0.29, 0.717) is 18.7 Å². The van der Waals surface area contributed by atoms with Gasteiger partial charge in [-0.05, 0) is 37.1 Å². The zero-order chi connectivity index (χ0) is 20.7. The maximum absolute atomic E-state index is 12.8. The number of aryl methyl sites for hydroxylation is 1. The van der Waals surface area contributed by atoms with Crippen molar-refractivity contribution in [1.82, 2.24) is 4.90 Å². The number of amides is 2. The second-order valence-corrected chi connectivity index (χ2v) is 6.23. The smallest absolute Gasteiger partial charge is 0.311 e. The van der Waals surface area contributed by atoms with Crippen LogP contribution in [-0.4, -0.2) is 41.8 Å². The van der Waals surface area contributed by atoms with E-state index >= 15 is 0 Å². The van der Waals surface area contributed by atoms with Gasteiger partial charge in [0.15, 0.2) is 5.75 Å². The molecule has 0 atom stereocenters. The molecule has 148 valence electrons. The molecule has 0 aliphatic heterocycles. The molecular formula is C20H23N3O5. The number of hydrogen-bond acceptors (Lipinski definition) is 5. The molecule has 2 aromatic rings. The van der Waals surface area contributed by atoms with Gasteiger partial charge >= 0.3 is 5.69 Å². The number of ether oxygens (including phenoxy) is 1. The number of nitrogens with one attached hydrogen (secondary N) is 1. The van der Waals surface area contributed by atoms with Gasteiger partial charge in [-0.25, -0.2) is 0 Å². The normalized spacial score (nSPS) is 10.2. The van der Waals surface area contributed by atoms with Crippen molar-refractivity contribution < 1.29 is 19.2 Å². The SMILES string of the molecule is CCCN(CC(=O)Nc1ccccc1C)C(=O)c1ccc(OC)c([N+](=O)[O-])c1. The van der Waals surface area contributed by atoms with Crippen LogP contribution in [0, 0.1) is 17.0 Å². The topological polar surface area (TPSA) is 102 Å². The third-order valence-electron chi connectivity index (χ3n) is 4.16. The molecule has 2 rings (SSSR count). The standard InChI is InChI=1S/C20H23N3O5/c1-4-11-22(13-19(24)21-16-8-6-5-7-14(16)2)20(25)15-9-10-18(28-3)17(12-15)23(26)27/h5-10,12H,4,11,13H2,1-3H3,(H,21,24). The lowest BCUT2D eigenvalue weighted by atomic mass is 10.1. The molecule has 0 bridgehead atoms. The van der Waals surface area contributed by atoms with Crippen molar-refractivity contribution >= 4 is 23.2 Å². The summed E-state index contributed by atoms with van der Waals surface area (Å²) in [6, 6.07) is 11.3. The number of anilines is 1. The molecule has 8 heteroatoms. The molecule has 0 aliphatic carbocycles. The highest BCUT2D eigenvalue weighted by Gasteiger charge is 2.23. The Balaban J connectivity index is 2.20. The molecule has 1 N–H and O–H groups in total. The largest absolute Gasteiger partial charge is 0.490 e. The first kappa shape index (κ1) is 20.9. The van der Waals surface area contributed by atoms with Gasteiger partial charge in [-0.3, -0.25) is 19.7 Å². The van der Waals surface area contributed by atoms with Gasteiger partial charge in [-0.2, -0.15) is 0 Å². The lowest BCUT2D eigenvalue weighted by Gasteiger charge is -2.22. The van der Waals surface area contributed by atoms with E-state index in [1.807, 2.05) is 32.0 Å². The van der Waals surface area contributed by atoms with Crippen LogP contribution in [0.25, 0.3) is 0 Å². The summed E-state index contributed by atoms with van der Waals surface area (Å²) in [5, 5.41) is 14.0. The van der Waals surface area contributed by atoms with Crippen LogP contribution in [0.1, 0.15) is 29.3 Å². The molecule has 0 unspecified atom stereocenters. The zero-order valence-electron chi connectivity index (χ0n) is 16.1. The van der Waals surface area contributed by atoms with Crippen molar-refractivity contribution in [2.24, 2.45) is 0 Å². The average Bonchev–Trinajstić information content (AvgIpc) is 2.68. The highest BCUT2D eigenvalue weighted by molar-refractivity contribution is 6.00. The van der Waals surface area contributed by atoms with Crippen LogP contribution in [0.2, 0.25) is 0 Å². The zero-order valence-corrected chi connectivity index (χ0v) is 16.1. The van der Waals surface area contributed by atoms with Crippen molar-refractivity contribution in [3.63, 3.8) is 0 Å². The van der Waals surface area contributed by atoms with Crippen LogP contribution >= 0.6 is 0 Å². The summed E-state index contributed by atoms with van der Waals surface area (Å²) >= 11 is 0. The summed E-state index contributed by atoms with van der Waals surface area (Å²) in [5.41, 5.74) is 1.42. The summed E-state index contributed by atoms with van der Waals surface area (Å²) in [7, 11) is 1.32. The maximum atomic E-state index is 12.8. The predicted molar refractivity (Wildman–Crippen MR) is 106 cm³/mol. The number of carbonyl (C=O) groups is 2. The molecule has 2 aromatic carbocycles. The highest BCUT2D eigenvalue weighted by atomic mass is 16.6. The van der Waals surface area contributed by atoms with E-state index in [4.69, 9.17) is 4.74 Å². The van der Waals surface area contributed by atoms with Crippen LogP contribution in [-0.2, 0) is 4.79 Å². The molecule has 0 radical (unpaired) electrons. The van der Waals surface area contributed by atoms with Gasteiger partial charge < -0.3 is 15.0 Å². The Bertz CT molecular complexity index is 882. The lowest BCUT2D eigenvalue weighted by Crippen LogP contribution is -2.38. The molecule has 2 amide bonds. The molecular weight excluding hydrogens is 362 g/mol. The summed E-state index contributed by atoms with van der Waals surface area (Å²) in [6.07, 6.45) is 0.641. The fourth-order valence-electron chi connectivity index (χ4n) is 2.75. The molecule has 8 nitrogen and oxygen atoms in total. The number of nitrogens with zero attached hydrogens (tertiary/aromatic N) is 2. The minimum absolute atomic E-state index is 0.0703. The minimum Gasteiger partial charge on any atom is -0.490 e. The van der Waals surface area contributed by atoms with Crippen molar-refractivity contribution in [3.8, 4) is 5.75 Å². The van der Waals surface area contributed by atoms with Gasteiger partial charge in [0.25, 0.3) is 5.91 Å². The summed E-state index contributed by atoms with van der Waals surface area (Å²) in [4.78, 5) is 37.2. The molecule has 0 aliphatic rings. The van der Waals surface area contributed by atoms with Crippen LogP contribution < -0.4 is 10.1 Å². The third-order valence-corrected chi connectivity index (χ3v) is 4.16. The van der Waals surface area contributed by atoms with Crippen molar-refractivity contribution in [2.75, 3.05) is 25.5 Å². The Labute approximate surface area is 163 Å². The molecule has 0 spiro atoms. The number of benzene rings is 2. The Morgan fingerprint density at radius 2 is 1.93 bits per heavy atom. The average molecular weight is 385 g/mol. The van der Waals surface area contributed by atoms with Gasteiger partial charge in [0.2, 0.25) is 5.91 Å². The van der Waals surface area contributed by atoms with Crippen LogP contribution in [0.3, 0.4) is 0 Å². The molecule has 0 aromatic heterocycles. The second kappa shape index (κ2) is 9.50. The quantitative estimate of drug-likeness (QED) is 0.554. The van der Waals surface area contributed by atoms with Crippen molar-refractivity contribution in [2.45, 2.75) is 20.3 Å². The van der Waals surface area contributed by atoms with E-state index in [0.717, 1.165) is 5.56 Å². The van der Waals surface area contributed by atoms with Gasteiger partial charge in [-0.1, -0.05) is 25.1 Å². The van der Waals surface area contributed by atoms with Crippen LogP contribution in [0.5, 0.6) is 5.75 Å². The van der Waals surface area contributed by atoms with Gasteiger partial charge in [-0.15, -0.1) is 0 Å². The van der Waals surface area contributed by atoms with E-state index in [2.05, 4.69) is 5.32 Å². The Hall–Kier alpha value is -3.42. The van der Waals surface area contributed by atoms with E-state index in [1.165, 1.54) is 30.2 Å². The predicted octanol–water partition coefficient (Wildman–Crippen LogP) is 3.40. The Morgan fingerprint density at radius 3 is 2.54 bits per heavy atom. The molecule has 28 heavy (non-hydrogen) atoms. The lowest BCUT2D eigenvalue weighted by molar-refractivity contribution is -0.385. The van der Waals surface area contributed by atoms with Crippen molar-refractivity contribution in [3.05, 3.63) is 63.7 Å². The summed E-state index contributed by atoms with van der Waals surface area (Å²) < 4.78 is 4.96. The summed E-state index contributed by atoms with van der Waals surface area (Å²) in [5.74, 6) is -0.715. The molecule has 0 saturated carbocycles. The fourth-order valence-corrected chi connectivity index (χ4v) is 2.75. The maximum Gasteiger partial charge on any atom is 0.311 e. The van der Waals surface area contributed by atoms with E-state index < -0.39 is 10.8 Å². The number of hydrogen-bond donors (Lipinski definition) is 1. The number of carbonyl (C=O) groups excluding carboxylic acids is 2. The molecule has 0 saturated heterocycles. The van der Waals surface area contributed by atoms with Crippen LogP contribution in [0.4, 0.5) is 11.4 Å². The second-order valence-electron chi connectivity index (χ2n) is 6.23. The van der Waals surface area contributed by atoms with E-state index in [-0.39, 0.29) is 29.5 Å². The summed E-state index contributed by atoms with van der Waals surface area (Å²) in [6.45, 7) is 3.96. The highest BCUT2D eigenvalue weighted by Crippen LogP contribution is 2.28.